The highest BCUT2D eigenvalue weighted by atomic mass is 16.6. The molecule has 0 saturated heterocycles. The van der Waals surface area contributed by atoms with Crippen molar-refractivity contribution in [1.82, 2.24) is 0 Å². The zero-order chi connectivity index (χ0) is 15.8. The van der Waals surface area contributed by atoms with Crippen LogP contribution in [0.4, 0.5) is 0 Å². The summed E-state index contributed by atoms with van der Waals surface area (Å²) in [6.45, 7) is 3.06. The molecule has 1 rings (SSSR count). The first-order valence-corrected chi connectivity index (χ1v) is 6.78. The molecule has 6 nitrogen and oxygen atoms in total. The Morgan fingerprint density at radius 1 is 1.48 bits per heavy atom. The van der Waals surface area contributed by atoms with E-state index in [4.69, 9.17) is 4.74 Å². The smallest absolute Gasteiger partial charge is 0.331 e. The molecule has 0 aromatic carbocycles. The molecule has 0 unspecified atom stereocenters. The lowest BCUT2D eigenvalue weighted by atomic mass is 9.95. The Hall–Kier alpha value is -2.24. The van der Waals surface area contributed by atoms with Crippen molar-refractivity contribution in [2.24, 2.45) is 0 Å². The number of nitrogens with zero attached hydrogens (tertiary/aromatic N) is 1. The van der Waals surface area contributed by atoms with Crippen molar-refractivity contribution >= 4 is 11.8 Å². The van der Waals surface area contributed by atoms with Gasteiger partial charge in [-0.05, 0) is 38.0 Å². The standard InChI is InChI=1S/C15H19NO5/c1-11(17)6-7-12(2)21-15(18)9-8-13-4-3-5-14(10-13)16(19)20/h4,6-9,12,14H,3,5,10H2,1-2H3/b7-6-,9-8+/t12-,14+/m1/s1. The van der Waals surface area contributed by atoms with Gasteiger partial charge in [-0.2, -0.15) is 0 Å². The van der Waals surface area contributed by atoms with Gasteiger partial charge < -0.3 is 4.74 Å². The molecule has 2 atom stereocenters. The zero-order valence-electron chi connectivity index (χ0n) is 12.2. The van der Waals surface area contributed by atoms with Gasteiger partial charge in [-0.3, -0.25) is 14.9 Å². The van der Waals surface area contributed by atoms with Gasteiger partial charge in [0.1, 0.15) is 6.10 Å². The highest BCUT2D eigenvalue weighted by Crippen LogP contribution is 2.21. The van der Waals surface area contributed by atoms with Crippen LogP contribution in [0.25, 0.3) is 0 Å². The van der Waals surface area contributed by atoms with E-state index >= 15 is 0 Å². The minimum absolute atomic E-state index is 0.119. The van der Waals surface area contributed by atoms with Crippen molar-refractivity contribution in [2.45, 2.75) is 45.3 Å². The topological polar surface area (TPSA) is 86.5 Å². The first-order valence-electron chi connectivity index (χ1n) is 6.78. The minimum Gasteiger partial charge on any atom is -0.455 e. The summed E-state index contributed by atoms with van der Waals surface area (Å²) in [4.78, 5) is 32.8. The molecule has 1 aliphatic carbocycles. The number of hydrogen-bond donors (Lipinski definition) is 0. The number of esters is 1. The van der Waals surface area contributed by atoms with Crippen LogP contribution in [-0.2, 0) is 14.3 Å². The Bertz CT molecular complexity index is 504. The van der Waals surface area contributed by atoms with Crippen LogP contribution in [0.1, 0.15) is 33.1 Å². The molecule has 0 radical (unpaired) electrons. The molecular weight excluding hydrogens is 274 g/mol. The molecule has 114 valence electrons. The van der Waals surface area contributed by atoms with E-state index in [-0.39, 0.29) is 10.7 Å². The third-order valence-electron chi connectivity index (χ3n) is 3.01. The first kappa shape index (κ1) is 16.8. The molecule has 0 amide bonds. The van der Waals surface area contributed by atoms with Crippen LogP contribution in [0, 0.1) is 10.1 Å². The van der Waals surface area contributed by atoms with E-state index in [1.54, 1.807) is 13.0 Å². The van der Waals surface area contributed by atoms with Crippen LogP contribution in [-0.4, -0.2) is 28.8 Å². The number of carbonyl (C=O) groups excluding carboxylic acids is 2. The molecule has 21 heavy (non-hydrogen) atoms. The molecule has 0 aromatic heterocycles. The molecule has 0 saturated carbocycles. The molecule has 0 heterocycles. The summed E-state index contributed by atoms with van der Waals surface area (Å²) in [5, 5.41) is 10.7. The quantitative estimate of drug-likeness (QED) is 0.325. The predicted molar refractivity (Wildman–Crippen MR) is 77.2 cm³/mol. The highest BCUT2D eigenvalue weighted by Gasteiger charge is 2.23. The van der Waals surface area contributed by atoms with Gasteiger partial charge in [-0.1, -0.05) is 12.2 Å². The molecule has 0 aromatic rings. The maximum Gasteiger partial charge on any atom is 0.331 e. The Labute approximate surface area is 123 Å². The van der Waals surface area contributed by atoms with Gasteiger partial charge >= 0.3 is 5.97 Å². The summed E-state index contributed by atoms with van der Waals surface area (Å²) in [6.07, 6.45) is 8.53. The van der Waals surface area contributed by atoms with E-state index in [0.717, 1.165) is 5.57 Å². The van der Waals surface area contributed by atoms with Gasteiger partial charge in [0.25, 0.3) is 0 Å². The second-order valence-electron chi connectivity index (χ2n) is 4.94. The maximum absolute atomic E-state index is 11.6. The fourth-order valence-corrected chi connectivity index (χ4v) is 1.94. The van der Waals surface area contributed by atoms with E-state index in [1.807, 2.05) is 6.08 Å². The number of rotatable bonds is 6. The minimum atomic E-state index is -0.580. The van der Waals surface area contributed by atoms with Crippen molar-refractivity contribution < 1.29 is 19.2 Å². The number of carbonyl (C=O) groups is 2. The summed E-state index contributed by atoms with van der Waals surface area (Å²) in [5.74, 6) is -0.661. The maximum atomic E-state index is 11.6. The van der Waals surface area contributed by atoms with Crippen molar-refractivity contribution in [3.05, 3.63) is 46.1 Å². The average Bonchev–Trinajstić information content (AvgIpc) is 2.43. The third-order valence-corrected chi connectivity index (χ3v) is 3.01. The van der Waals surface area contributed by atoms with Crippen molar-refractivity contribution in [3.63, 3.8) is 0 Å². The van der Waals surface area contributed by atoms with Gasteiger partial charge in [0.05, 0.1) is 0 Å². The summed E-state index contributed by atoms with van der Waals surface area (Å²) in [6, 6.07) is -0.580. The van der Waals surface area contributed by atoms with Crippen LogP contribution < -0.4 is 0 Å². The lowest BCUT2D eigenvalue weighted by Gasteiger charge is -2.14. The number of ether oxygens (including phenoxy) is 1. The van der Waals surface area contributed by atoms with E-state index in [0.29, 0.717) is 19.3 Å². The van der Waals surface area contributed by atoms with Crippen LogP contribution in [0.15, 0.2) is 36.0 Å². The lowest BCUT2D eigenvalue weighted by molar-refractivity contribution is -0.523. The molecule has 0 aliphatic heterocycles. The summed E-state index contributed by atoms with van der Waals surface area (Å²) in [7, 11) is 0. The number of ketones is 1. The second-order valence-corrected chi connectivity index (χ2v) is 4.94. The molecule has 6 heteroatoms. The Morgan fingerprint density at radius 2 is 2.19 bits per heavy atom. The number of nitro groups is 1. The molecule has 0 bridgehead atoms. The number of hydrogen-bond acceptors (Lipinski definition) is 5. The first-order chi connectivity index (χ1) is 9.88. The summed E-state index contributed by atoms with van der Waals surface area (Å²) >= 11 is 0. The second kappa shape index (κ2) is 8.14. The van der Waals surface area contributed by atoms with Crippen LogP contribution in [0.3, 0.4) is 0 Å². The molecule has 0 fully saturated rings. The van der Waals surface area contributed by atoms with Gasteiger partial charge in [0.15, 0.2) is 5.78 Å². The molecular formula is C15H19NO5. The normalized spacial score (nSPS) is 20.3. The summed E-state index contributed by atoms with van der Waals surface area (Å²) < 4.78 is 5.04. The lowest BCUT2D eigenvalue weighted by Crippen LogP contribution is -2.22. The monoisotopic (exact) mass is 293 g/mol. The fraction of sp³-hybridized carbons (Fsp3) is 0.467. The molecule has 0 N–H and O–H groups in total. The fourth-order valence-electron chi connectivity index (χ4n) is 1.94. The van der Waals surface area contributed by atoms with Crippen molar-refractivity contribution in [1.29, 1.82) is 0 Å². The van der Waals surface area contributed by atoms with Gasteiger partial charge in [0.2, 0.25) is 6.04 Å². The molecule has 1 aliphatic rings. The van der Waals surface area contributed by atoms with Crippen molar-refractivity contribution in [2.75, 3.05) is 0 Å². The van der Waals surface area contributed by atoms with Gasteiger partial charge in [-0.25, -0.2) is 4.79 Å². The van der Waals surface area contributed by atoms with Crippen LogP contribution >= 0.6 is 0 Å². The Kier molecular flexibility index (Phi) is 6.52. The van der Waals surface area contributed by atoms with E-state index in [2.05, 4.69) is 0 Å². The van der Waals surface area contributed by atoms with Gasteiger partial charge in [0, 0.05) is 23.8 Å². The Morgan fingerprint density at radius 3 is 2.81 bits per heavy atom. The Balaban J connectivity index is 2.49. The highest BCUT2D eigenvalue weighted by molar-refractivity contribution is 5.87. The largest absolute Gasteiger partial charge is 0.455 e. The zero-order valence-corrected chi connectivity index (χ0v) is 12.2. The van der Waals surface area contributed by atoms with E-state index < -0.39 is 18.1 Å². The third kappa shape index (κ3) is 6.65. The predicted octanol–water partition coefficient (Wildman–Crippen LogP) is 2.38. The average molecular weight is 293 g/mol. The number of allylic oxidation sites excluding steroid dienone is 3. The summed E-state index contributed by atoms with van der Waals surface area (Å²) in [5.41, 5.74) is 0.770. The van der Waals surface area contributed by atoms with E-state index in [1.165, 1.54) is 25.2 Å². The SMILES string of the molecule is CC(=O)/C=C\[C@@H](C)OC(=O)/C=C/C1=CCC[C@H]([N+](=O)[O-])C1. The van der Waals surface area contributed by atoms with Crippen molar-refractivity contribution in [3.8, 4) is 0 Å². The molecule has 0 spiro atoms. The van der Waals surface area contributed by atoms with Gasteiger partial charge in [-0.15, -0.1) is 0 Å². The van der Waals surface area contributed by atoms with E-state index in [9.17, 15) is 19.7 Å². The van der Waals surface area contributed by atoms with Crippen LogP contribution in [0.2, 0.25) is 0 Å². The van der Waals surface area contributed by atoms with Crippen LogP contribution in [0.5, 0.6) is 0 Å².